The number of hydrogen-bond donors (Lipinski definition) is 2. The maximum Gasteiger partial charge on any atom is 0.328 e. The molecule has 136 valence electrons. The van der Waals surface area contributed by atoms with Gasteiger partial charge in [0.1, 0.15) is 0 Å². The van der Waals surface area contributed by atoms with Crippen LogP contribution in [0.2, 0.25) is 0 Å². The highest BCUT2D eigenvalue weighted by atomic mass is 16.5. The summed E-state index contributed by atoms with van der Waals surface area (Å²) in [7, 11) is 1.48. The summed E-state index contributed by atoms with van der Waals surface area (Å²) in [6.45, 7) is 0. The summed E-state index contributed by atoms with van der Waals surface area (Å²) < 4.78 is 6.85. The van der Waals surface area contributed by atoms with E-state index in [2.05, 4.69) is 10.4 Å². The number of carbonyl (C=O) groups is 2. The van der Waals surface area contributed by atoms with Gasteiger partial charge in [0.15, 0.2) is 11.4 Å². The molecule has 1 heterocycles. The first-order valence-electron chi connectivity index (χ1n) is 8.08. The Hall–Kier alpha value is -3.87. The van der Waals surface area contributed by atoms with Gasteiger partial charge in [0.25, 0.3) is 5.91 Å². The van der Waals surface area contributed by atoms with Crippen molar-refractivity contribution in [3.63, 3.8) is 0 Å². The molecular weight excluding hydrogens is 346 g/mol. The molecule has 0 bridgehead atoms. The molecule has 1 amide bonds. The van der Waals surface area contributed by atoms with Crippen molar-refractivity contribution in [1.82, 2.24) is 9.78 Å². The number of aromatic nitrogens is 2. The predicted molar refractivity (Wildman–Crippen MR) is 101 cm³/mol. The molecule has 3 rings (SSSR count). The average Bonchev–Trinajstić information content (AvgIpc) is 3.13. The van der Waals surface area contributed by atoms with Crippen LogP contribution in [0, 0.1) is 0 Å². The first-order chi connectivity index (χ1) is 13.1. The monoisotopic (exact) mass is 363 g/mol. The number of para-hydroxylation sites is 1. The Kier molecular flexibility index (Phi) is 5.32. The zero-order valence-corrected chi connectivity index (χ0v) is 14.5. The first kappa shape index (κ1) is 17.9. The zero-order valence-electron chi connectivity index (χ0n) is 14.5. The fraction of sp³-hybridized carbons (Fsp3) is 0.0500. The third-order valence-electron chi connectivity index (χ3n) is 3.72. The summed E-state index contributed by atoms with van der Waals surface area (Å²) in [5, 5.41) is 15.7. The number of carboxylic acids is 1. The van der Waals surface area contributed by atoms with Gasteiger partial charge in [-0.05, 0) is 35.9 Å². The number of hydrogen-bond acceptors (Lipinski definition) is 4. The summed E-state index contributed by atoms with van der Waals surface area (Å²) in [6, 6.07) is 16.2. The molecule has 0 aliphatic heterocycles. The van der Waals surface area contributed by atoms with E-state index in [1.54, 1.807) is 35.1 Å². The zero-order chi connectivity index (χ0) is 19.2. The standard InChI is InChI=1S/C20H17N3O4/c1-27-17-13-23(16-5-3-2-4-6-16)22-19(17)20(26)21-15-10-7-14(8-11-15)9-12-18(24)25/h2-13H,1H3,(H,21,26)(H,24,25). The Balaban J connectivity index is 1.78. The van der Waals surface area contributed by atoms with E-state index in [4.69, 9.17) is 9.84 Å². The second kappa shape index (κ2) is 8.01. The number of benzene rings is 2. The molecule has 0 aliphatic carbocycles. The van der Waals surface area contributed by atoms with Crippen LogP contribution in [0.4, 0.5) is 5.69 Å². The lowest BCUT2D eigenvalue weighted by Gasteiger charge is -2.05. The molecular formula is C20H17N3O4. The number of ether oxygens (including phenoxy) is 1. The second-order valence-electron chi connectivity index (χ2n) is 5.57. The number of nitrogens with zero attached hydrogens (tertiary/aromatic N) is 2. The van der Waals surface area contributed by atoms with Crippen LogP contribution in [0.25, 0.3) is 11.8 Å². The van der Waals surface area contributed by atoms with Gasteiger partial charge in [-0.3, -0.25) is 4.79 Å². The fourth-order valence-electron chi connectivity index (χ4n) is 2.41. The molecule has 0 unspecified atom stereocenters. The summed E-state index contributed by atoms with van der Waals surface area (Å²) in [5.74, 6) is -1.07. The third kappa shape index (κ3) is 4.40. The molecule has 0 radical (unpaired) electrons. The highest BCUT2D eigenvalue weighted by Crippen LogP contribution is 2.21. The van der Waals surface area contributed by atoms with Crippen LogP contribution in [0.1, 0.15) is 16.1 Å². The average molecular weight is 363 g/mol. The van der Waals surface area contributed by atoms with Gasteiger partial charge in [-0.1, -0.05) is 30.3 Å². The van der Waals surface area contributed by atoms with E-state index in [9.17, 15) is 9.59 Å². The fourth-order valence-corrected chi connectivity index (χ4v) is 2.41. The van der Waals surface area contributed by atoms with Gasteiger partial charge in [-0.15, -0.1) is 0 Å². The topological polar surface area (TPSA) is 93.5 Å². The van der Waals surface area contributed by atoms with Crippen molar-refractivity contribution in [1.29, 1.82) is 0 Å². The lowest BCUT2D eigenvalue weighted by atomic mass is 10.2. The summed E-state index contributed by atoms with van der Waals surface area (Å²) in [5.41, 5.74) is 2.24. The van der Waals surface area contributed by atoms with E-state index in [1.165, 1.54) is 13.2 Å². The van der Waals surface area contributed by atoms with Crippen LogP contribution in [0.5, 0.6) is 5.75 Å². The Bertz CT molecular complexity index is 976. The maximum atomic E-state index is 12.6. The van der Waals surface area contributed by atoms with Crippen molar-refractivity contribution in [2.45, 2.75) is 0 Å². The van der Waals surface area contributed by atoms with Gasteiger partial charge in [-0.25, -0.2) is 9.48 Å². The van der Waals surface area contributed by atoms with Crippen molar-refractivity contribution >= 4 is 23.6 Å². The smallest absolute Gasteiger partial charge is 0.328 e. The first-order valence-corrected chi connectivity index (χ1v) is 8.08. The molecule has 0 aliphatic rings. The van der Waals surface area contributed by atoms with Gasteiger partial charge < -0.3 is 15.2 Å². The Morgan fingerprint density at radius 2 is 1.81 bits per heavy atom. The van der Waals surface area contributed by atoms with Gasteiger partial charge in [0.2, 0.25) is 0 Å². The van der Waals surface area contributed by atoms with Gasteiger partial charge in [0.05, 0.1) is 19.0 Å². The summed E-state index contributed by atoms with van der Waals surface area (Å²) in [4.78, 5) is 23.1. The number of rotatable bonds is 6. The predicted octanol–water partition coefficient (Wildman–Crippen LogP) is 3.23. The van der Waals surface area contributed by atoms with Crippen LogP contribution in [0.15, 0.2) is 66.9 Å². The van der Waals surface area contributed by atoms with E-state index >= 15 is 0 Å². The molecule has 3 aromatic rings. The van der Waals surface area contributed by atoms with Crippen molar-refractivity contribution < 1.29 is 19.4 Å². The normalized spacial score (nSPS) is 10.7. The van der Waals surface area contributed by atoms with E-state index in [0.717, 1.165) is 11.8 Å². The van der Waals surface area contributed by atoms with E-state index in [0.29, 0.717) is 17.0 Å². The Labute approximate surface area is 155 Å². The van der Waals surface area contributed by atoms with Crippen molar-refractivity contribution in [3.05, 3.63) is 78.1 Å². The number of anilines is 1. The highest BCUT2D eigenvalue weighted by Gasteiger charge is 2.18. The van der Waals surface area contributed by atoms with Crippen LogP contribution in [-0.4, -0.2) is 33.9 Å². The Morgan fingerprint density at radius 1 is 1.11 bits per heavy atom. The number of carboxylic acid groups (broad SMARTS) is 1. The van der Waals surface area contributed by atoms with Gasteiger partial charge in [-0.2, -0.15) is 5.10 Å². The molecule has 7 nitrogen and oxygen atoms in total. The van der Waals surface area contributed by atoms with Crippen LogP contribution < -0.4 is 10.1 Å². The minimum Gasteiger partial charge on any atom is -0.493 e. The number of nitrogens with one attached hydrogen (secondary N) is 1. The molecule has 0 saturated heterocycles. The molecule has 2 N–H and O–H groups in total. The SMILES string of the molecule is COc1cn(-c2ccccc2)nc1C(=O)Nc1ccc(C=CC(=O)O)cc1. The molecule has 0 saturated carbocycles. The van der Waals surface area contributed by atoms with Crippen LogP contribution in [0.3, 0.4) is 0 Å². The quantitative estimate of drug-likeness (QED) is 0.656. The molecule has 1 aromatic heterocycles. The van der Waals surface area contributed by atoms with Crippen LogP contribution in [-0.2, 0) is 4.79 Å². The minimum atomic E-state index is -1.02. The van der Waals surface area contributed by atoms with Gasteiger partial charge >= 0.3 is 5.97 Å². The molecule has 2 aromatic carbocycles. The van der Waals surface area contributed by atoms with Crippen molar-refractivity contribution in [3.8, 4) is 11.4 Å². The summed E-state index contributed by atoms with van der Waals surface area (Å²) >= 11 is 0. The molecule has 0 fully saturated rings. The summed E-state index contributed by atoms with van der Waals surface area (Å²) in [6.07, 6.45) is 4.16. The van der Waals surface area contributed by atoms with Crippen molar-refractivity contribution in [2.75, 3.05) is 12.4 Å². The maximum absolute atomic E-state index is 12.6. The molecule has 0 spiro atoms. The number of aliphatic carboxylic acids is 1. The van der Waals surface area contributed by atoms with Gasteiger partial charge in [0, 0.05) is 11.8 Å². The lowest BCUT2D eigenvalue weighted by molar-refractivity contribution is -0.131. The number of carbonyl (C=O) groups excluding carboxylic acids is 1. The van der Waals surface area contributed by atoms with Crippen molar-refractivity contribution in [2.24, 2.45) is 0 Å². The minimum absolute atomic E-state index is 0.163. The largest absolute Gasteiger partial charge is 0.493 e. The molecule has 0 atom stereocenters. The Morgan fingerprint density at radius 3 is 2.44 bits per heavy atom. The second-order valence-corrected chi connectivity index (χ2v) is 5.57. The molecule has 27 heavy (non-hydrogen) atoms. The highest BCUT2D eigenvalue weighted by molar-refractivity contribution is 6.04. The van der Waals surface area contributed by atoms with E-state index in [1.807, 2.05) is 30.3 Å². The lowest BCUT2D eigenvalue weighted by Crippen LogP contribution is -2.14. The number of amides is 1. The third-order valence-corrected chi connectivity index (χ3v) is 3.72. The van der Waals surface area contributed by atoms with Crippen LogP contribution >= 0.6 is 0 Å². The number of methoxy groups -OCH3 is 1. The van der Waals surface area contributed by atoms with E-state index < -0.39 is 11.9 Å². The van der Waals surface area contributed by atoms with E-state index in [-0.39, 0.29) is 5.69 Å². The molecule has 7 heteroatoms.